The van der Waals surface area contributed by atoms with Gasteiger partial charge in [0.1, 0.15) is 12.4 Å². The third-order valence-electron chi connectivity index (χ3n) is 1.85. The van der Waals surface area contributed by atoms with E-state index in [9.17, 15) is 8.42 Å². The predicted octanol–water partition coefficient (Wildman–Crippen LogP) is 0.464. The van der Waals surface area contributed by atoms with Gasteiger partial charge in [0.15, 0.2) is 0 Å². The average Bonchev–Trinajstić information content (AvgIpc) is 2.73. The molecule has 0 unspecified atom stereocenters. The highest BCUT2D eigenvalue weighted by Gasteiger charge is 2.17. The Labute approximate surface area is 94.5 Å². The van der Waals surface area contributed by atoms with Crippen molar-refractivity contribution in [2.24, 2.45) is 0 Å². The van der Waals surface area contributed by atoms with Gasteiger partial charge in [-0.2, -0.15) is 0 Å². The molecule has 0 fully saturated rings. The number of rotatable bonds is 6. The van der Waals surface area contributed by atoms with Crippen molar-refractivity contribution in [3.63, 3.8) is 0 Å². The first-order chi connectivity index (χ1) is 7.60. The summed E-state index contributed by atoms with van der Waals surface area (Å²) in [6, 6.07) is 2.71. The van der Waals surface area contributed by atoms with E-state index in [2.05, 4.69) is 10.6 Å². The van der Waals surface area contributed by atoms with Crippen molar-refractivity contribution in [3.8, 4) is 12.3 Å². The van der Waals surface area contributed by atoms with E-state index in [0.29, 0.717) is 12.8 Å². The summed E-state index contributed by atoms with van der Waals surface area (Å²) in [5.74, 6) is 2.63. The molecule has 0 saturated carbocycles. The third-order valence-corrected chi connectivity index (χ3v) is 3.18. The van der Waals surface area contributed by atoms with Crippen molar-refractivity contribution in [3.05, 3.63) is 17.9 Å². The monoisotopic (exact) mass is 243 g/mol. The molecule has 1 heterocycles. The number of aliphatic hydroxyl groups excluding tert-OH is 1. The molecule has 0 amide bonds. The molecule has 0 aliphatic carbocycles. The highest BCUT2D eigenvalue weighted by Crippen LogP contribution is 2.13. The quantitative estimate of drug-likeness (QED) is 0.562. The van der Waals surface area contributed by atoms with E-state index >= 15 is 0 Å². The summed E-state index contributed by atoms with van der Waals surface area (Å²) in [5, 5.41) is 8.53. The van der Waals surface area contributed by atoms with E-state index in [0.717, 1.165) is 0 Å². The van der Waals surface area contributed by atoms with Crippen LogP contribution < -0.4 is 4.72 Å². The molecular weight excluding hydrogens is 230 g/mol. The Kier molecular flexibility index (Phi) is 4.55. The van der Waals surface area contributed by atoms with Crippen molar-refractivity contribution in [2.45, 2.75) is 24.5 Å². The minimum atomic E-state index is -3.63. The van der Waals surface area contributed by atoms with Crippen molar-refractivity contribution in [1.82, 2.24) is 4.72 Å². The van der Waals surface area contributed by atoms with E-state index in [1.54, 1.807) is 0 Å². The number of nitrogens with one attached hydrogen (secondary N) is 1. The fourth-order valence-corrected chi connectivity index (χ4v) is 2.08. The van der Waals surface area contributed by atoms with Gasteiger partial charge in [0.05, 0.1) is 0 Å². The molecule has 1 rings (SSSR count). The first-order valence-corrected chi connectivity index (χ1v) is 6.21. The SMILES string of the molecule is C#CCCCNS(=O)(=O)c1ccc(CO)o1. The molecule has 0 aliphatic rings. The van der Waals surface area contributed by atoms with Crippen LogP contribution in [0.5, 0.6) is 0 Å². The molecule has 0 spiro atoms. The minimum Gasteiger partial charge on any atom is -0.446 e. The largest absolute Gasteiger partial charge is 0.446 e. The zero-order valence-corrected chi connectivity index (χ0v) is 9.46. The van der Waals surface area contributed by atoms with Gasteiger partial charge in [-0.05, 0) is 18.6 Å². The number of furan rings is 1. The van der Waals surface area contributed by atoms with Crippen LogP contribution in [0.4, 0.5) is 0 Å². The molecule has 6 heteroatoms. The Hall–Kier alpha value is -1.29. The first-order valence-electron chi connectivity index (χ1n) is 4.73. The number of hydrogen-bond acceptors (Lipinski definition) is 4. The zero-order chi connectivity index (χ0) is 12.0. The van der Waals surface area contributed by atoms with Crippen LogP contribution in [0.2, 0.25) is 0 Å². The molecule has 88 valence electrons. The maximum Gasteiger partial charge on any atom is 0.273 e. The molecule has 16 heavy (non-hydrogen) atoms. The zero-order valence-electron chi connectivity index (χ0n) is 8.64. The molecule has 0 radical (unpaired) electrons. The lowest BCUT2D eigenvalue weighted by Crippen LogP contribution is -2.24. The van der Waals surface area contributed by atoms with Gasteiger partial charge in [-0.3, -0.25) is 0 Å². The summed E-state index contributed by atoms with van der Waals surface area (Å²) in [6.07, 6.45) is 6.13. The Morgan fingerprint density at radius 3 is 2.81 bits per heavy atom. The van der Waals surface area contributed by atoms with Gasteiger partial charge in [-0.15, -0.1) is 12.3 Å². The van der Waals surface area contributed by atoms with Crippen molar-refractivity contribution >= 4 is 10.0 Å². The van der Waals surface area contributed by atoms with Crippen molar-refractivity contribution in [2.75, 3.05) is 6.54 Å². The van der Waals surface area contributed by atoms with E-state index < -0.39 is 10.0 Å². The lowest BCUT2D eigenvalue weighted by Gasteiger charge is -2.02. The molecule has 0 aromatic carbocycles. The van der Waals surface area contributed by atoms with E-state index in [-0.39, 0.29) is 24.0 Å². The Morgan fingerprint density at radius 1 is 1.50 bits per heavy atom. The molecule has 0 saturated heterocycles. The summed E-state index contributed by atoms with van der Waals surface area (Å²) in [5.41, 5.74) is 0. The molecule has 1 aromatic heterocycles. The van der Waals surface area contributed by atoms with Crippen LogP contribution in [0.25, 0.3) is 0 Å². The second-order valence-electron chi connectivity index (χ2n) is 3.08. The van der Waals surface area contributed by atoms with Gasteiger partial charge in [-0.1, -0.05) is 0 Å². The fourth-order valence-electron chi connectivity index (χ4n) is 1.06. The number of sulfonamides is 1. The number of unbranched alkanes of at least 4 members (excludes halogenated alkanes) is 1. The number of hydrogen-bond donors (Lipinski definition) is 2. The lowest BCUT2D eigenvalue weighted by molar-refractivity contribution is 0.236. The van der Waals surface area contributed by atoms with Crippen LogP contribution in [0.3, 0.4) is 0 Å². The second kappa shape index (κ2) is 5.70. The molecular formula is C10H13NO4S. The highest BCUT2D eigenvalue weighted by molar-refractivity contribution is 7.89. The molecule has 0 aliphatic heterocycles. The minimum absolute atomic E-state index is 0.197. The highest BCUT2D eigenvalue weighted by atomic mass is 32.2. The van der Waals surface area contributed by atoms with Gasteiger partial charge in [0.25, 0.3) is 10.0 Å². The summed E-state index contributed by atoms with van der Waals surface area (Å²) in [7, 11) is -3.63. The molecule has 0 atom stereocenters. The van der Waals surface area contributed by atoms with Crippen molar-refractivity contribution in [1.29, 1.82) is 0 Å². The summed E-state index contributed by atoms with van der Waals surface area (Å²) in [6.45, 7) is -0.0612. The van der Waals surface area contributed by atoms with Crippen LogP contribution in [-0.4, -0.2) is 20.1 Å². The number of aliphatic hydroxyl groups is 1. The van der Waals surface area contributed by atoms with Gasteiger partial charge >= 0.3 is 0 Å². The predicted molar refractivity (Wildman–Crippen MR) is 57.9 cm³/mol. The van der Waals surface area contributed by atoms with Crippen LogP contribution in [-0.2, 0) is 16.6 Å². The van der Waals surface area contributed by atoms with Crippen LogP contribution in [0.1, 0.15) is 18.6 Å². The van der Waals surface area contributed by atoms with E-state index in [1.165, 1.54) is 12.1 Å². The summed E-state index contributed by atoms with van der Waals surface area (Å²) in [4.78, 5) is 0. The van der Waals surface area contributed by atoms with E-state index in [1.807, 2.05) is 0 Å². The first kappa shape index (κ1) is 12.8. The van der Waals surface area contributed by atoms with Crippen LogP contribution >= 0.6 is 0 Å². The van der Waals surface area contributed by atoms with Gasteiger partial charge in [-0.25, -0.2) is 13.1 Å². The smallest absolute Gasteiger partial charge is 0.273 e. The standard InChI is InChI=1S/C10H13NO4S/c1-2-3-4-7-11-16(13,14)10-6-5-9(8-12)15-10/h1,5-6,11-12H,3-4,7-8H2. The molecule has 2 N–H and O–H groups in total. The summed E-state index contributed by atoms with van der Waals surface area (Å²) < 4.78 is 30.4. The molecule has 1 aromatic rings. The molecule has 0 bridgehead atoms. The van der Waals surface area contributed by atoms with Gasteiger partial charge in [0, 0.05) is 13.0 Å². The molecule has 5 nitrogen and oxygen atoms in total. The average molecular weight is 243 g/mol. The second-order valence-corrected chi connectivity index (χ2v) is 4.78. The summed E-state index contributed by atoms with van der Waals surface area (Å²) >= 11 is 0. The van der Waals surface area contributed by atoms with Crippen molar-refractivity contribution < 1.29 is 17.9 Å². The Bertz CT molecular complexity index is 469. The normalized spacial score (nSPS) is 11.2. The van der Waals surface area contributed by atoms with Crippen LogP contribution in [0.15, 0.2) is 21.6 Å². The van der Waals surface area contributed by atoms with E-state index in [4.69, 9.17) is 15.9 Å². The lowest BCUT2D eigenvalue weighted by atomic mass is 10.3. The van der Waals surface area contributed by atoms with Gasteiger partial charge < -0.3 is 9.52 Å². The van der Waals surface area contributed by atoms with Crippen LogP contribution in [0, 0.1) is 12.3 Å². The Balaban J connectivity index is 2.60. The third kappa shape index (κ3) is 3.38. The fraction of sp³-hybridized carbons (Fsp3) is 0.400. The number of terminal acetylenes is 1. The van der Waals surface area contributed by atoms with Gasteiger partial charge in [0.2, 0.25) is 5.09 Å². The maximum absolute atomic E-state index is 11.6. The Morgan fingerprint density at radius 2 is 2.25 bits per heavy atom. The maximum atomic E-state index is 11.6. The topological polar surface area (TPSA) is 79.5 Å².